The van der Waals surface area contributed by atoms with Gasteiger partial charge in [-0.3, -0.25) is 9.59 Å². The number of aliphatic hydroxyl groups is 2. The van der Waals surface area contributed by atoms with Gasteiger partial charge in [0.25, 0.3) is 0 Å². The second kappa shape index (κ2) is 14.3. The molecule has 0 aliphatic heterocycles. The molecule has 0 atom stereocenters. The lowest BCUT2D eigenvalue weighted by molar-refractivity contribution is 0.0979. The molecule has 2 aromatic carbocycles. The van der Waals surface area contributed by atoms with E-state index in [1.807, 2.05) is 38.1 Å². The van der Waals surface area contributed by atoms with Crippen LogP contribution in [0.5, 0.6) is 0 Å². The molecule has 0 saturated carbocycles. The van der Waals surface area contributed by atoms with Crippen LogP contribution in [0.15, 0.2) is 24.3 Å². The van der Waals surface area contributed by atoms with Crippen molar-refractivity contribution in [3.63, 3.8) is 0 Å². The fraction of sp³-hybridized carbons (Fsp3) is 0.417. The van der Waals surface area contributed by atoms with Gasteiger partial charge in [-0.25, -0.2) is 0 Å². The molecule has 0 spiro atoms. The molecule has 0 aromatic heterocycles. The third-order valence-corrected chi connectivity index (χ3v) is 5.55. The lowest BCUT2D eigenvalue weighted by atomic mass is 9.78. The van der Waals surface area contributed by atoms with E-state index >= 15 is 0 Å². The van der Waals surface area contributed by atoms with Crippen molar-refractivity contribution in [2.24, 2.45) is 0 Å². The summed E-state index contributed by atoms with van der Waals surface area (Å²) in [5, 5.41) is 30.5. The number of carbonyl (C=O) groups is 2. The van der Waals surface area contributed by atoms with Gasteiger partial charge in [-0.2, -0.15) is 0 Å². The fourth-order valence-corrected chi connectivity index (χ4v) is 3.99. The Morgan fingerprint density at radius 3 is 1.32 bits per heavy atom. The van der Waals surface area contributed by atoms with E-state index in [4.69, 9.17) is 10.2 Å². The average molecular weight is 513 g/mol. The Bertz CT molecular complexity index is 923. The molecule has 2 aromatic rings. The molecule has 6 N–H and O–H groups in total. The van der Waals surface area contributed by atoms with Crippen molar-refractivity contribution >= 4 is 47.8 Å². The quantitative estimate of drug-likeness (QED) is 0.203. The molecule has 0 bridgehead atoms. The SMILES string of the molecule is Cc1ccc(C)c2c1C(=O)c1c(NCCNCCO)ccc(NCCNCCO)c1C2=O.Cl.Cl. The van der Waals surface area contributed by atoms with Crippen LogP contribution in [0, 0.1) is 13.8 Å². The smallest absolute Gasteiger partial charge is 0.196 e. The van der Waals surface area contributed by atoms with Gasteiger partial charge in [-0.15, -0.1) is 24.8 Å². The summed E-state index contributed by atoms with van der Waals surface area (Å²) >= 11 is 0. The first kappa shape index (κ1) is 29.8. The third kappa shape index (κ3) is 6.47. The molecule has 0 saturated heterocycles. The number of anilines is 2. The number of fused-ring (bicyclic) bond motifs is 2. The summed E-state index contributed by atoms with van der Waals surface area (Å²) in [5.41, 5.74) is 4.57. The first-order chi connectivity index (χ1) is 15.5. The zero-order valence-electron chi connectivity index (χ0n) is 19.5. The van der Waals surface area contributed by atoms with Gasteiger partial charge in [0.2, 0.25) is 0 Å². The molecule has 8 nitrogen and oxygen atoms in total. The normalized spacial score (nSPS) is 11.8. The fourth-order valence-electron chi connectivity index (χ4n) is 3.99. The molecule has 0 heterocycles. The summed E-state index contributed by atoms with van der Waals surface area (Å²) in [4.78, 5) is 27.3. The number of hydrogen-bond acceptors (Lipinski definition) is 8. The maximum absolute atomic E-state index is 13.6. The first-order valence-electron chi connectivity index (χ1n) is 11.0. The number of halogens is 2. The Kier molecular flexibility index (Phi) is 12.5. The minimum absolute atomic E-state index is 0. The van der Waals surface area contributed by atoms with E-state index in [1.165, 1.54) is 0 Å². The second-order valence-corrected chi connectivity index (χ2v) is 7.82. The van der Waals surface area contributed by atoms with Crippen LogP contribution in [-0.2, 0) is 0 Å². The minimum atomic E-state index is -0.149. The second-order valence-electron chi connectivity index (χ2n) is 7.82. The van der Waals surface area contributed by atoms with E-state index in [9.17, 15) is 9.59 Å². The van der Waals surface area contributed by atoms with Crippen LogP contribution in [0.1, 0.15) is 43.0 Å². The molecular formula is C24H34Cl2N4O4. The maximum atomic E-state index is 13.6. The summed E-state index contributed by atoms with van der Waals surface area (Å²) in [6.07, 6.45) is 0. The number of ketones is 2. The molecule has 3 rings (SSSR count). The van der Waals surface area contributed by atoms with Gasteiger partial charge in [0, 0.05) is 61.8 Å². The van der Waals surface area contributed by atoms with Crippen molar-refractivity contribution in [3.05, 3.63) is 57.6 Å². The van der Waals surface area contributed by atoms with Crippen LogP contribution >= 0.6 is 24.8 Å². The van der Waals surface area contributed by atoms with Crippen LogP contribution in [0.3, 0.4) is 0 Å². The molecule has 1 aliphatic carbocycles. The monoisotopic (exact) mass is 512 g/mol. The van der Waals surface area contributed by atoms with Crippen molar-refractivity contribution in [3.8, 4) is 0 Å². The summed E-state index contributed by atoms with van der Waals surface area (Å²) < 4.78 is 0. The highest BCUT2D eigenvalue weighted by Gasteiger charge is 2.36. The lowest BCUT2D eigenvalue weighted by Gasteiger charge is -2.26. The van der Waals surface area contributed by atoms with E-state index < -0.39 is 0 Å². The average Bonchev–Trinajstić information content (AvgIpc) is 2.78. The van der Waals surface area contributed by atoms with Crippen LogP contribution in [0.2, 0.25) is 0 Å². The molecule has 0 amide bonds. The summed E-state index contributed by atoms with van der Waals surface area (Å²) in [7, 11) is 0. The van der Waals surface area contributed by atoms with Crippen LogP contribution in [-0.4, -0.2) is 74.3 Å². The molecule has 188 valence electrons. The predicted molar refractivity (Wildman–Crippen MR) is 141 cm³/mol. The molecule has 10 heteroatoms. The Hall–Kier alpha value is -2.20. The highest BCUT2D eigenvalue weighted by Crippen LogP contribution is 2.38. The van der Waals surface area contributed by atoms with Crippen molar-refractivity contribution in [1.29, 1.82) is 0 Å². The number of aryl methyl sites for hydroxylation is 2. The number of benzene rings is 2. The third-order valence-electron chi connectivity index (χ3n) is 5.55. The maximum Gasteiger partial charge on any atom is 0.196 e. The van der Waals surface area contributed by atoms with E-state index in [0.717, 1.165) is 11.1 Å². The van der Waals surface area contributed by atoms with Gasteiger partial charge >= 0.3 is 0 Å². The van der Waals surface area contributed by atoms with Crippen molar-refractivity contribution in [1.82, 2.24) is 10.6 Å². The van der Waals surface area contributed by atoms with Gasteiger partial charge in [0.05, 0.1) is 24.3 Å². The van der Waals surface area contributed by atoms with Crippen LogP contribution in [0.4, 0.5) is 11.4 Å². The van der Waals surface area contributed by atoms with E-state index in [1.54, 1.807) is 0 Å². The first-order valence-corrected chi connectivity index (χ1v) is 11.0. The highest BCUT2D eigenvalue weighted by atomic mass is 35.5. The molecular weight excluding hydrogens is 479 g/mol. The van der Waals surface area contributed by atoms with Crippen molar-refractivity contribution in [2.75, 3.05) is 63.1 Å². The van der Waals surface area contributed by atoms with Gasteiger partial charge < -0.3 is 31.5 Å². The standard InChI is InChI=1S/C24H32N4O4.2ClH/c1-15-3-4-16(2)20-19(15)23(31)21-17(27-9-7-25-11-13-29)5-6-18(22(21)24(20)32)28-10-8-26-12-14-30;;/h3-6,25-30H,7-14H2,1-2H3;2*1H. The number of hydrogen-bond donors (Lipinski definition) is 6. The zero-order chi connectivity index (χ0) is 23.1. The van der Waals surface area contributed by atoms with E-state index in [0.29, 0.717) is 72.9 Å². The number of rotatable bonds is 12. The number of aliphatic hydroxyl groups excluding tert-OH is 2. The lowest BCUT2D eigenvalue weighted by Crippen LogP contribution is -2.29. The van der Waals surface area contributed by atoms with Crippen molar-refractivity contribution < 1.29 is 19.8 Å². The summed E-state index contributed by atoms with van der Waals surface area (Å²) in [6.45, 7) is 7.15. The van der Waals surface area contributed by atoms with Gasteiger partial charge in [0.1, 0.15) is 0 Å². The molecule has 1 aliphatic rings. The zero-order valence-corrected chi connectivity index (χ0v) is 21.1. The van der Waals surface area contributed by atoms with Gasteiger partial charge in [0.15, 0.2) is 11.6 Å². The largest absolute Gasteiger partial charge is 0.395 e. The van der Waals surface area contributed by atoms with Gasteiger partial charge in [-0.05, 0) is 37.1 Å². The Morgan fingerprint density at radius 1 is 0.588 bits per heavy atom. The topological polar surface area (TPSA) is 123 Å². The number of nitrogens with one attached hydrogen (secondary N) is 4. The van der Waals surface area contributed by atoms with Crippen LogP contribution < -0.4 is 21.3 Å². The number of carbonyl (C=O) groups excluding carboxylic acids is 2. The predicted octanol–water partition coefficient (Wildman–Crippen LogP) is 1.91. The molecule has 0 radical (unpaired) electrons. The Labute approximate surface area is 212 Å². The van der Waals surface area contributed by atoms with E-state index in [2.05, 4.69) is 21.3 Å². The highest BCUT2D eigenvalue weighted by molar-refractivity contribution is 6.32. The Balaban J connectivity index is 0.00000289. The summed E-state index contributed by atoms with van der Waals surface area (Å²) in [6, 6.07) is 7.42. The van der Waals surface area contributed by atoms with E-state index in [-0.39, 0.29) is 49.6 Å². The van der Waals surface area contributed by atoms with Crippen LogP contribution in [0.25, 0.3) is 0 Å². The Morgan fingerprint density at radius 2 is 0.971 bits per heavy atom. The molecule has 34 heavy (non-hydrogen) atoms. The van der Waals surface area contributed by atoms with Crippen molar-refractivity contribution in [2.45, 2.75) is 13.8 Å². The molecule has 0 unspecified atom stereocenters. The molecule has 0 fully saturated rings. The summed E-state index contributed by atoms with van der Waals surface area (Å²) in [5.74, 6) is -0.299. The van der Waals surface area contributed by atoms with Gasteiger partial charge in [-0.1, -0.05) is 12.1 Å². The minimum Gasteiger partial charge on any atom is -0.395 e.